The molecule has 7 heteroatoms. The van der Waals surface area contributed by atoms with Gasteiger partial charge in [-0.1, -0.05) is 55.5 Å². The Bertz CT molecular complexity index is 1060. The molecule has 1 atom stereocenters. The van der Waals surface area contributed by atoms with Crippen molar-refractivity contribution in [3.05, 3.63) is 94.4 Å². The van der Waals surface area contributed by atoms with Crippen molar-refractivity contribution in [1.29, 1.82) is 0 Å². The van der Waals surface area contributed by atoms with E-state index in [2.05, 4.69) is 5.10 Å². The summed E-state index contributed by atoms with van der Waals surface area (Å²) in [6.07, 6.45) is 0. The van der Waals surface area contributed by atoms with Crippen LogP contribution in [0.5, 0.6) is 0 Å². The number of nitrogens with zero attached hydrogens (tertiary/aromatic N) is 3. The van der Waals surface area contributed by atoms with Crippen molar-refractivity contribution < 1.29 is 14.3 Å². The van der Waals surface area contributed by atoms with Crippen LogP contribution in [0.2, 0.25) is 0 Å². The first-order valence-electron chi connectivity index (χ1n) is 9.56. The van der Waals surface area contributed by atoms with E-state index in [1.54, 1.807) is 36.1 Å². The lowest BCUT2D eigenvalue weighted by molar-refractivity contribution is -0.145. The Kier molecular flexibility index (Phi) is 6.75. The van der Waals surface area contributed by atoms with Crippen LogP contribution in [0.15, 0.2) is 77.6 Å². The Balaban J connectivity index is 1.93. The predicted molar refractivity (Wildman–Crippen MR) is 112 cm³/mol. The lowest BCUT2D eigenvalue weighted by Gasteiger charge is -2.25. The number of hydrogen-bond acceptors (Lipinski definition) is 5. The Morgan fingerprint density at radius 3 is 2.27 bits per heavy atom. The molecule has 0 aliphatic heterocycles. The van der Waals surface area contributed by atoms with Crippen molar-refractivity contribution in [3.8, 4) is 5.69 Å². The van der Waals surface area contributed by atoms with E-state index in [1.807, 2.05) is 36.4 Å². The standard InChI is InChI=1S/C23H23N3O4/c1-17(23(29)30-2)15-25(16-18-9-5-3-6-10-18)22(28)20-13-14-21(27)26(24-20)19-11-7-4-8-12-19/h3-14,17H,15-16H2,1-2H3. The molecule has 1 heterocycles. The van der Waals surface area contributed by atoms with Gasteiger partial charge in [-0.15, -0.1) is 0 Å². The van der Waals surface area contributed by atoms with Gasteiger partial charge in [0.2, 0.25) is 0 Å². The number of rotatable bonds is 7. The fourth-order valence-corrected chi connectivity index (χ4v) is 3.07. The van der Waals surface area contributed by atoms with Crippen molar-refractivity contribution in [2.75, 3.05) is 13.7 Å². The molecule has 0 radical (unpaired) electrons. The first-order valence-corrected chi connectivity index (χ1v) is 9.56. The molecular weight excluding hydrogens is 382 g/mol. The Morgan fingerprint density at radius 1 is 1.00 bits per heavy atom. The van der Waals surface area contributed by atoms with E-state index in [9.17, 15) is 14.4 Å². The molecule has 1 unspecified atom stereocenters. The van der Waals surface area contributed by atoms with Gasteiger partial charge in [-0.3, -0.25) is 14.4 Å². The maximum atomic E-state index is 13.3. The zero-order valence-electron chi connectivity index (χ0n) is 16.9. The zero-order chi connectivity index (χ0) is 21.5. The van der Waals surface area contributed by atoms with E-state index in [-0.39, 0.29) is 23.7 Å². The minimum Gasteiger partial charge on any atom is -0.469 e. The molecule has 154 valence electrons. The molecular formula is C23H23N3O4. The topological polar surface area (TPSA) is 81.5 Å². The molecule has 1 amide bonds. The SMILES string of the molecule is COC(=O)C(C)CN(Cc1ccccc1)C(=O)c1ccc(=O)n(-c2ccccc2)n1. The molecule has 0 aliphatic rings. The molecule has 0 fully saturated rings. The summed E-state index contributed by atoms with van der Waals surface area (Å²) in [6.45, 7) is 2.16. The van der Waals surface area contributed by atoms with Crippen molar-refractivity contribution in [3.63, 3.8) is 0 Å². The minimum atomic E-state index is -0.511. The number of para-hydroxylation sites is 1. The Labute approximate surface area is 174 Å². The second kappa shape index (κ2) is 9.65. The van der Waals surface area contributed by atoms with E-state index in [0.29, 0.717) is 12.2 Å². The quantitative estimate of drug-likeness (QED) is 0.565. The second-order valence-electron chi connectivity index (χ2n) is 6.90. The highest BCUT2D eigenvalue weighted by Gasteiger charge is 2.24. The predicted octanol–water partition coefficient (Wildman–Crippen LogP) is 2.68. The first-order chi connectivity index (χ1) is 14.5. The summed E-state index contributed by atoms with van der Waals surface area (Å²) in [4.78, 5) is 39.0. The van der Waals surface area contributed by atoms with Gasteiger partial charge in [0.15, 0.2) is 0 Å². The number of amides is 1. The maximum absolute atomic E-state index is 13.3. The molecule has 0 spiro atoms. The van der Waals surface area contributed by atoms with Crippen LogP contribution in [0.1, 0.15) is 23.0 Å². The van der Waals surface area contributed by atoms with Crippen LogP contribution in [0, 0.1) is 5.92 Å². The molecule has 3 rings (SSSR count). The van der Waals surface area contributed by atoms with E-state index in [1.165, 1.54) is 23.9 Å². The minimum absolute atomic E-state index is 0.117. The van der Waals surface area contributed by atoms with Gasteiger partial charge < -0.3 is 9.64 Å². The second-order valence-corrected chi connectivity index (χ2v) is 6.90. The van der Waals surface area contributed by atoms with Gasteiger partial charge in [-0.2, -0.15) is 9.78 Å². The number of benzene rings is 2. The van der Waals surface area contributed by atoms with Gasteiger partial charge >= 0.3 is 5.97 Å². The highest BCUT2D eigenvalue weighted by atomic mass is 16.5. The van der Waals surface area contributed by atoms with Gasteiger partial charge in [0.25, 0.3) is 11.5 Å². The first kappa shape index (κ1) is 21.0. The maximum Gasteiger partial charge on any atom is 0.310 e. The monoisotopic (exact) mass is 405 g/mol. The third kappa shape index (κ3) is 5.00. The van der Waals surface area contributed by atoms with Crippen molar-refractivity contribution in [2.24, 2.45) is 5.92 Å². The summed E-state index contributed by atoms with van der Waals surface area (Å²) in [6, 6.07) is 21.1. The third-order valence-electron chi connectivity index (χ3n) is 4.62. The molecule has 0 aliphatic carbocycles. The Hall–Kier alpha value is -3.74. The number of hydrogen-bond donors (Lipinski definition) is 0. The highest BCUT2D eigenvalue weighted by molar-refractivity contribution is 5.92. The number of ether oxygens (including phenoxy) is 1. The Morgan fingerprint density at radius 2 is 1.63 bits per heavy atom. The summed E-state index contributed by atoms with van der Waals surface area (Å²) in [5.41, 5.74) is 1.26. The summed E-state index contributed by atoms with van der Waals surface area (Å²) < 4.78 is 6.00. The fraction of sp³-hybridized carbons (Fsp3) is 0.217. The van der Waals surface area contributed by atoms with Gasteiger partial charge in [-0.25, -0.2) is 0 Å². The number of carbonyl (C=O) groups excluding carboxylic acids is 2. The van der Waals surface area contributed by atoms with E-state index >= 15 is 0 Å². The van der Waals surface area contributed by atoms with Crippen molar-refractivity contribution in [1.82, 2.24) is 14.7 Å². The van der Waals surface area contributed by atoms with Gasteiger partial charge in [0, 0.05) is 19.2 Å². The summed E-state index contributed by atoms with van der Waals surface area (Å²) in [5.74, 6) is -1.29. The van der Waals surface area contributed by atoms with Gasteiger partial charge in [0.05, 0.1) is 18.7 Å². The molecule has 0 saturated heterocycles. The number of aromatic nitrogens is 2. The fourth-order valence-electron chi connectivity index (χ4n) is 3.07. The molecule has 7 nitrogen and oxygen atoms in total. The average molecular weight is 405 g/mol. The number of esters is 1. The number of methoxy groups -OCH3 is 1. The van der Waals surface area contributed by atoms with Crippen LogP contribution in [0.4, 0.5) is 0 Å². The largest absolute Gasteiger partial charge is 0.469 e. The van der Waals surface area contributed by atoms with Crippen molar-refractivity contribution >= 4 is 11.9 Å². The van der Waals surface area contributed by atoms with E-state index in [0.717, 1.165) is 5.56 Å². The zero-order valence-corrected chi connectivity index (χ0v) is 16.9. The molecule has 0 saturated carbocycles. The van der Waals surface area contributed by atoms with Crippen LogP contribution in [-0.4, -0.2) is 40.2 Å². The lowest BCUT2D eigenvalue weighted by Crippen LogP contribution is -2.38. The smallest absolute Gasteiger partial charge is 0.310 e. The molecule has 0 bridgehead atoms. The van der Waals surface area contributed by atoms with Gasteiger partial charge in [-0.05, 0) is 23.8 Å². The number of carbonyl (C=O) groups is 2. The molecule has 1 aromatic heterocycles. The molecule has 2 aromatic carbocycles. The molecule has 30 heavy (non-hydrogen) atoms. The molecule has 0 N–H and O–H groups in total. The van der Waals surface area contributed by atoms with Crippen molar-refractivity contribution in [2.45, 2.75) is 13.5 Å². The van der Waals surface area contributed by atoms with Crippen LogP contribution in [-0.2, 0) is 16.1 Å². The van der Waals surface area contributed by atoms with Gasteiger partial charge in [0.1, 0.15) is 5.69 Å². The summed E-state index contributed by atoms with van der Waals surface area (Å²) in [7, 11) is 1.32. The third-order valence-corrected chi connectivity index (χ3v) is 4.62. The highest BCUT2D eigenvalue weighted by Crippen LogP contribution is 2.13. The van der Waals surface area contributed by atoms with E-state index < -0.39 is 11.9 Å². The summed E-state index contributed by atoms with van der Waals surface area (Å²) >= 11 is 0. The van der Waals surface area contributed by atoms with Crippen LogP contribution < -0.4 is 5.56 Å². The van der Waals surface area contributed by atoms with Crippen LogP contribution >= 0.6 is 0 Å². The molecule has 3 aromatic rings. The van der Waals surface area contributed by atoms with E-state index in [4.69, 9.17) is 4.74 Å². The lowest BCUT2D eigenvalue weighted by atomic mass is 10.1. The van der Waals surface area contributed by atoms with Crippen LogP contribution in [0.25, 0.3) is 5.69 Å². The normalized spacial score (nSPS) is 11.5. The van der Waals surface area contributed by atoms with Crippen LogP contribution in [0.3, 0.4) is 0 Å². The average Bonchev–Trinajstić information content (AvgIpc) is 2.79. The summed E-state index contributed by atoms with van der Waals surface area (Å²) in [5, 5.41) is 4.27.